The van der Waals surface area contributed by atoms with Crippen molar-refractivity contribution in [1.82, 2.24) is 9.55 Å². The number of carbonyl (C=O) groups excluding carboxylic acids is 1. The monoisotopic (exact) mass is 444 g/mol. The van der Waals surface area contributed by atoms with Crippen LogP contribution in [0.15, 0.2) is 91.0 Å². The van der Waals surface area contributed by atoms with Gasteiger partial charge in [-0.15, -0.1) is 0 Å². The number of carbonyl (C=O) groups is 1. The van der Waals surface area contributed by atoms with Gasteiger partial charge in [0.1, 0.15) is 5.82 Å². The van der Waals surface area contributed by atoms with Crippen LogP contribution in [0.3, 0.4) is 0 Å². The molecule has 0 atom stereocenters. The number of imidazole rings is 1. The average molecular weight is 445 g/mol. The van der Waals surface area contributed by atoms with Crippen LogP contribution in [0.25, 0.3) is 33.5 Å². The lowest BCUT2D eigenvalue weighted by Crippen LogP contribution is -2.14. The van der Waals surface area contributed by atoms with Crippen LogP contribution in [0.1, 0.15) is 10.4 Å². The van der Waals surface area contributed by atoms with Crippen molar-refractivity contribution < 1.29 is 13.6 Å². The zero-order valence-corrected chi connectivity index (χ0v) is 17.4. The molecule has 0 aliphatic heterocycles. The Morgan fingerprint density at radius 2 is 1.50 bits per heavy atom. The zero-order chi connectivity index (χ0) is 22.2. The van der Waals surface area contributed by atoms with Gasteiger partial charge in [0, 0.05) is 16.1 Å². The van der Waals surface area contributed by atoms with Gasteiger partial charge in [0.25, 0.3) is 5.91 Å². The molecule has 3 nitrogen and oxygen atoms in total. The van der Waals surface area contributed by atoms with Gasteiger partial charge in [-0.1, -0.05) is 60.1 Å². The number of aromatic nitrogens is 2. The number of hydrogen-bond acceptors (Lipinski definition) is 2. The van der Waals surface area contributed by atoms with E-state index in [1.165, 1.54) is 10.6 Å². The van der Waals surface area contributed by atoms with Crippen molar-refractivity contribution in [3.8, 4) is 22.5 Å². The van der Waals surface area contributed by atoms with Gasteiger partial charge < -0.3 is 0 Å². The molecule has 0 bridgehead atoms. The molecule has 0 unspecified atom stereocenters. The predicted molar refractivity (Wildman–Crippen MR) is 122 cm³/mol. The minimum atomic E-state index is -1.09. The van der Waals surface area contributed by atoms with Crippen LogP contribution in [0, 0.1) is 11.6 Å². The van der Waals surface area contributed by atoms with Gasteiger partial charge in [0.15, 0.2) is 11.6 Å². The molecule has 5 rings (SSSR count). The van der Waals surface area contributed by atoms with E-state index >= 15 is 0 Å². The van der Waals surface area contributed by atoms with Gasteiger partial charge in [-0.25, -0.2) is 13.8 Å². The van der Waals surface area contributed by atoms with Crippen LogP contribution >= 0.6 is 11.6 Å². The number of benzene rings is 4. The highest BCUT2D eigenvalue weighted by Crippen LogP contribution is 2.31. The largest absolute Gasteiger partial charge is 0.268 e. The molecule has 156 valence electrons. The summed E-state index contributed by atoms with van der Waals surface area (Å²) >= 11 is 6.19. The van der Waals surface area contributed by atoms with Crippen molar-refractivity contribution in [2.45, 2.75) is 0 Å². The minimum absolute atomic E-state index is 0.00337. The molecule has 0 saturated carbocycles. The summed E-state index contributed by atoms with van der Waals surface area (Å²) in [5.74, 6) is -2.26. The molecule has 0 radical (unpaired) electrons. The number of fused-ring (bicyclic) bond motifs is 1. The number of rotatable bonds is 3. The van der Waals surface area contributed by atoms with Gasteiger partial charge in [0.2, 0.25) is 0 Å². The Bertz CT molecular complexity index is 1480. The van der Waals surface area contributed by atoms with E-state index < -0.39 is 17.5 Å². The molecule has 4 aromatic carbocycles. The number of nitrogens with zero attached hydrogens (tertiary/aromatic N) is 2. The highest BCUT2D eigenvalue weighted by atomic mass is 35.5. The third kappa shape index (κ3) is 3.57. The van der Waals surface area contributed by atoms with Crippen LogP contribution in [0.5, 0.6) is 0 Å². The molecule has 0 aliphatic rings. The second kappa shape index (κ2) is 8.02. The second-order valence-corrected chi connectivity index (χ2v) is 7.72. The molecular formula is C26H15ClF2N2O. The van der Waals surface area contributed by atoms with E-state index in [-0.39, 0.29) is 5.56 Å². The average Bonchev–Trinajstić information content (AvgIpc) is 3.19. The van der Waals surface area contributed by atoms with Crippen molar-refractivity contribution in [2.24, 2.45) is 0 Å². The molecule has 0 saturated heterocycles. The second-order valence-electron chi connectivity index (χ2n) is 7.28. The van der Waals surface area contributed by atoms with Crippen molar-refractivity contribution in [2.75, 3.05) is 0 Å². The van der Waals surface area contributed by atoms with Crippen LogP contribution < -0.4 is 0 Å². The first-order valence-corrected chi connectivity index (χ1v) is 10.2. The van der Waals surface area contributed by atoms with Crippen molar-refractivity contribution >= 4 is 28.5 Å². The standard InChI is InChI=1S/C26H15ClF2N2O/c27-20-10-12-23-24(15-20)31(26(32)19-9-11-21(28)22(29)14-19)25(30-23)18-8-4-7-17(13-18)16-5-2-1-3-6-16/h1-15H. The summed E-state index contributed by atoms with van der Waals surface area (Å²) in [6.07, 6.45) is 0. The van der Waals surface area contributed by atoms with E-state index in [0.29, 0.717) is 27.4 Å². The van der Waals surface area contributed by atoms with Gasteiger partial charge in [-0.05, 0) is 53.6 Å². The Kier molecular flexibility index (Phi) is 5.04. The summed E-state index contributed by atoms with van der Waals surface area (Å²) in [7, 11) is 0. The van der Waals surface area contributed by atoms with Crippen LogP contribution in [0.2, 0.25) is 5.02 Å². The van der Waals surface area contributed by atoms with E-state index in [4.69, 9.17) is 11.6 Å². The maximum Gasteiger partial charge on any atom is 0.264 e. The summed E-state index contributed by atoms with van der Waals surface area (Å²) in [4.78, 5) is 18.1. The Balaban J connectivity index is 1.72. The molecule has 0 fully saturated rings. The summed E-state index contributed by atoms with van der Waals surface area (Å²) in [5.41, 5.74) is 3.73. The number of hydrogen-bond donors (Lipinski definition) is 0. The molecule has 0 spiro atoms. The lowest BCUT2D eigenvalue weighted by Gasteiger charge is -2.10. The van der Waals surface area contributed by atoms with E-state index in [1.54, 1.807) is 18.2 Å². The van der Waals surface area contributed by atoms with E-state index in [0.717, 1.165) is 23.3 Å². The van der Waals surface area contributed by atoms with Gasteiger partial charge in [0.05, 0.1) is 11.0 Å². The summed E-state index contributed by atoms with van der Waals surface area (Å²) in [6, 6.07) is 25.6. The lowest BCUT2D eigenvalue weighted by molar-refractivity contribution is 0.0965. The minimum Gasteiger partial charge on any atom is -0.268 e. The first-order chi connectivity index (χ1) is 15.5. The molecule has 0 N–H and O–H groups in total. The molecule has 5 aromatic rings. The Morgan fingerprint density at radius 1 is 0.750 bits per heavy atom. The highest BCUT2D eigenvalue weighted by molar-refractivity contribution is 6.31. The van der Waals surface area contributed by atoms with Crippen molar-refractivity contribution in [1.29, 1.82) is 0 Å². The van der Waals surface area contributed by atoms with E-state index in [9.17, 15) is 13.6 Å². The van der Waals surface area contributed by atoms with Crippen LogP contribution in [-0.2, 0) is 0 Å². The fourth-order valence-corrected chi connectivity index (χ4v) is 3.84. The molecule has 32 heavy (non-hydrogen) atoms. The Morgan fingerprint density at radius 3 is 2.28 bits per heavy atom. The molecule has 0 amide bonds. The normalized spacial score (nSPS) is 11.1. The third-order valence-electron chi connectivity index (χ3n) is 5.21. The fraction of sp³-hybridized carbons (Fsp3) is 0. The zero-order valence-electron chi connectivity index (χ0n) is 16.6. The first kappa shape index (κ1) is 20.1. The molecular weight excluding hydrogens is 430 g/mol. The van der Waals surface area contributed by atoms with Gasteiger partial charge in [-0.3, -0.25) is 9.36 Å². The predicted octanol–water partition coefficient (Wildman–Crippen LogP) is 6.99. The number of halogens is 3. The van der Waals surface area contributed by atoms with Crippen molar-refractivity contribution in [3.05, 3.63) is 113 Å². The maximum atomic E-state index is 13.9. The summed E-state index contributed by atoms with van der Waals surface area (Å²) in [6.45, 7) is 0. The third-order valence-corrected chi connectivity index (χ3v) is 5.45. The molecule has 0 aliphatic carbocycles. The summed E-state index contributed by atoms with van der Waals surface area (Å²) < 4.78 is 28.7. The van der Waals surface area contributed by atoms with E-state index in [2.05, 4.69) is 4.98 Å². The molecule has 1 heterocycles. The molecule has 1 aromatic heterocycles. The van der Waals surface area contributed by atoms with Crippen molar-refractivity contribution in [3.63, 3.8) is 0 Å². The lowest BCUT2D eigenvalue weighted by atomic mass is 10.0. The van der Waals surface area contributed by atoms with E-state index in [1.807, 2.05) is 54.6 Å². The highest BCUT2D eigenvalue weighted by Gasteiger charge is 2.21. The quantitative estimate of drug-likeness (QED) is 0.300. The fourth-order valence-electron chi connectivity index (χ4n) is 3.67. The summed E-state index contributed by atoms with van der Waals surface area (Å²) in [5, 5.41) is 0.432. The molecule has 6 heteroatoms. The first-order valence-electron chi connectivity index (χ1n) is 9.85. The van der Waals surface area contributed by atoms with Gasteiger partial charge in [-0.2, -0.15) is 0 Å². The SMILES string of the molecule is O=C(c1ccc(F)c(F)c1)n1c(-c2cccc(-c3ccccc3)c2)nc2ccc(Cl)cc21. The Hall–Kier alpha value is -3.83. The van der Waals surface area contributed by atoms with Gasteiger partial charge >= 0.3 is 0 Å². The topological polar surface area (TPSA) is 34.9 Å². The van der Waals surface area contributed by atoms with Crippen LogP contribution in [0.4, 0.5) is 8.78 Å². The smallest absolute Gasteiger partial charge is 0.264 e. The maximum absolute atomic E-state index is 13.9. The Labute approximate surface area is 187 Å². The van der Waals surface area contributed by atoms with Crippen LogP contribution in [-0.4, -0.2) is 15.5 Å².